The third-order valence-electron chi connectivity index (χ3n) is 2.30. The van der Waals surface area contributed by atoms with E-state index in [0.717, 1.165) is 6.07 Å². The van der Waals surface area contributed by atoms with Crippen LogP contribution >= 0.6 is 0 Å². The summed E-state index contributed by atoms with van der Waals surface area (Å²) in [6.45, 7) is 1.30. The lowest BCUT2D eigenvalue weighted by molar-refractivity contribution is -0.385. The Labute approximate surface area is 108 Å². The Hall–Kier alpha value is -2.64. The lowest BCUT2D eigenvalue weighted by atomic mass is 10.2. The second kappa shape index (κ2) is 5.80. The minimum absolute atomic E-state index is 0.0181. The van der Waals surface area contributed by atoms with Crippen molar-refractivity contribution in [3.8, 4) is 5.75 Å². The van der Waals surface area contributed by atoms with Gasteiger partial charge in [-0.05, 0) is 19.1 Å². The Morgan fingerprint density at radius 3 is 2.53 bits per heavy atom. The fourth-order valence-electron chi connectivity index (χ4n) is 1.25. The number of esters is 1. The largest absolute Gasteiger partial charge is 0.490 e. The first-order valence-electron chi connectivity index (χ1n) is 5.19. The normalized spacial score (nSPS) is 11.5. The topological polar surface area (TPSA) is 122 Å². The molecular weight excluding hydrogens is 256 g/mol. The molecule has 0 aliphatic heterocycles. The van der Waals surface area contributed by atoms with Crippen LogP contribution in [-0.4, -0.2) is 30.0 Å². The SMILES string of the molecule is COc1ccc(C(=O)O[C@H](C)C(N)=O)cc1[N+](=O)[O-]. The van der Waals surface area contributed by atoms with Gasteiger partial charge >= 0.3 is 11.7 Å². The molecule has 0 aliphatic carbocycles. The third kappa shape index (κ3) is 3.41. The molecule has 0 radical (unpaired) electrons. The van der Waals surface area contributed by atoms with Crippen LogP contribution in [0.3, 0.4) is 0 Å². The number of nitrogens with two attached hydrogens (primary N) is 1. The summed E-state index contributed by atoms with van der Waals surface area (Å²) in [6, 6.07) is 3.57. The molecule has 0 saturated carbocycles. The van der Waals surface area contributed by atoms with E-state index >= 15 is 0 Å². The number of nitro groups is 1. The Kier molecular flexibility index (Phi) is 4.41. The molecule has 1 aromatic carbocycles. The van der Waals surface area contributed by atoms with Crippen LogP contribution in [0.2, 0.25) is 0 Å². The molecule has 0 unspecified atom stereocenters. The summed E-state index contributed by atoms with van der Waals surface area (Å²) in [5.74, 6) is -1.67. The first-order chi connectivity index (χ1) is 8.86. The van der Waals surface area contributed by atoms with Gasteiger partial charge in [-0.1, -0.05) is 0 Å². The van der Waals surface area contributed by atoms with Gasteiger partial charge in [0.05, 0.1) is 17.6 Å². The van der Waals surface area contributed by atoms with Crippen LogP contribution in [0.15, 0.2) is 18.2 Å². The molecule has 0 spiro atoms. The number of nitrogens with zero attached hydrogens (tertiary/aromatic N) is 1. The quantitative estimate of drug-likeness (QED) is 0.475. The third-order valence-corrected chi connectivity index (χ3v) is 2.30. The molecule has 19 heavy (non-hydrogen) atoms. The van der Waals surface area contributed by atoms with Gasteiger partial charge in [-0.2, -0.15) is 0 Å². The number of carbonyl (C=O) groups excluding carboxylic acids is 2. The fourth-order valence-corrected chi connectivity index (χ4v) is 1.25. The smallest absolute Gasteiger partial charge is 0.339 e. The maximum atomic E-state index is 11.6. The highest BCUT2D eigenvalue weighted by atomic mass is 16.6. The molecule has 1 atom stereocenters. The summed E-state index contributed by atoms with van der Waals surface area (Å²) in [5, 5.41) is 10.8. The second-order valence-corrected chi connectivity index (χ2v) is 3.59. The van der Waals surface area contributed by atoms with Crippen LogP contribution in [-0.2, 0) is 9.53 Å². The number of benzene rings is 1. The van der Waals surface area contributed by atoms with Gasteiger partial charge in [0.2, 0.25) is 0 Å². The molecule has 0 fully saturated rings. The van der Waals surface area contributed by atoms with Crippen molar-refractivity contribution in [3.63, 3.8) is 0 Å². The van der Waals surface area contributed by atoms with Crippen molar-refractivity contribution in [1.29, 1.82) is 0 Å². The standard InChI is InChI=1S/C11H12N2O6/c1-6(10(12)14)19-11(15)7-3-4-9(18-2)8(5-7)13(16)17/h3-6H,1-2H3,(H2,12,14)/t6-/m1/s1. The van der Waals surface area contributed by atoms with Gasteiger partial charge in [0.1, 0.15) is 0 Å². The Balaban J connectivity index is 3.02. The number of primary amides is 1. The summed E-state index contributed by atoms with van der Waals surface area (Å²) < 4.78 is 9.52. The summed E-state index contributed by atoms with van der Waals surface area (Å²) in [7, 11) is 1.27. The van der Waals surface area contributed by atoms with E-state index in [4.69, 9.17) is 15.2 Å². The van der Waals surface area contributed by atoms with Crippen LogP contribution in [0, 0.1) is 10.1 Å². The molecule has 0 heterocycles. The molecule has 2 N–H and O–H groups in total. The minimum Gasteiger partial charge on any atom is -0.490 e. The molecular formula is C11H12N2O6. The van der Waals surface area contributed by atoms with Gasteiger partial charge in [-0.25, -0.2) is 4.79 Å². The van der Waals surface area contributed by atoms with Crippen LogP contribution in [0.25, 0.3) is 0 Å². The van der Waals surface area contributed by atoms with Crippen LogP contribution in [0.4, 0.5) is 5.69 Å². The monoisotopic (exact) mass is 268 g/mol. The zero-order valence-corrected chi connectivity index (χ0v) is 10.3. The predicted molar refractivity (Wildman–Crippen MR) is 63.7 cm³/mol. The van der Waals surface area contributed by atoms with Gasteiger partial charge in [-0.15, -0.1) is 0 Å². The molecule has 1 aromatic rings. The molecule has 102 valence electrons. The fraction of sp³-hybridized carbons (Fsp3) is 0.273. The number of nitro benzene ring substituents is 1. The molecule has 1 amide bonds. The maximum Gasteiger partial charge on any atom is 0.339 e. The lowest BCUT2D eigenvalue weighted by Crippen LogP contribution is -2.30. The minimum atomic E-state index is -1.12. The number of ether oxygens (including phenoxy) is 2. The van der Waals surface area contributed by atoms with Crippen LogP contribution in [0.1, 0.15) is 17.3 Å². The number of rotatable bonds is 5. The van der Waals surface area contributed by atoms with E-state index in [1.807, 2.05) is 0 Å². The molecule has 0 saturated heterocycles. The molecule has 8 nitrogen and oxygen atoms in total. The van der Waals surface area contributed by atoms with Crippen LogP contribution in [0.5, 0.6) is 5.75 Å². The van der Waals surface area contributed by atoms with E-state index in [9.17, 15) is 19.7 Å². The average molecular weight is 268 g/mol. The molecule has 0 aliphatic rings. The van der Waals surface area contributed by atoms with E-state index < -0.39 is 22.9 Å². The van der Waals surface area contributed by atoms with Crippen molar-refractivity contribution in [2.24, 2.45) is 5.73 Å². The summed E-state index contributed by atoms with van der Waals surface area (Å²) in [4.78, 5) is 32.5. The maximum absolute atomic E-state index is 11.6. The van der Waals surface area contributed by atoms with E-state index in [1.54, 1.807) is 0 Å². The van der Waals surface area contributed by atoms with E-state index in [2.05, 4.69) is 0 Å². The van der Waals surface area contributed by atoms with Crippen molar-refractivity contribution in [1.82, 2.24) is 0 Å². The van der Waals surface area contributed by atoms with Crippen LogP contribution < -0.4 is 10.5 Å². The van der Waals surface area contributed by atoms with Crippen molar-refractivity contribution >= 4 is 17.6 Å². The zero-order valence-electron chi connectivity index (χ0n) is 10.3. The molecule has 8 heteroatoms. The lowest BCUT2D eigenvalue weighted by Gasteiger charge is -2.09. The highest BCUT2D eigenvalue weighted by Gasteiger charge is 2.21. The Morgan fingerprint density at radius 2 is 2.05 bits per heavy atom. The Morgan fingerprint density at radius 1 is 1.42 bits per heavy atom. The van der Waals surface area contributed by atoms with Gasteiger partial charge in [0.15, 0.2) is 11.9 Å². The van der Waals surface area contributed by atoms with Crippen molar-refractivity contribution < 1.29 is 24.0 Å². The van der Waals surface area contributed by atoms with Gasteiger partial charge in [-0.3, -0.25) is 14.9 Å². The first-order valence-corrected chi connectivity index (χ1v) is 5.19. The highest BCUT2D eigenvalue weighted by Crippen LogP contribution is 2.27. The average Bonchev–Trinajstić information content (AvgIpc) is 2.37. The van der Waals surface area contributed by atoms with E-state index in [0.29, 0.717) is 0 Å². The number of hydrogen-bond donors (Lipinski definition) is 1. The van der Waals surface area contributed by atoms with Crippen molar-refractivity contribution in [2.75, 3.05) is 7.11 Å². The van der Waals surface area contributed by atoms with Gasteiger partial charge < -0.3 is 15.2 Å². The number of carbonyl (C=O) groups is 2. The molecule has 1 rings (SSSR count). The van der Waals surface area contributed by atoms with E-state index in [1.165, 1.54) is 26.2 Å². The number of methoxy groups -OCH3 is 1. The van der Waals surface area contributed by atoms with E-state index in [-0.39, 0.29) is 17.0 Å². The van der Waals surface area contributed by atoms with Crippen molar-refractivity contribution in [3.05, 3.63) is 33.9 Å². The number of hydrogen-bond acceptors (Lipinski definition) is 6. The summed E-state index contributed by atoms with van der Waals surface area (Å²) in [6.07, 6.45) is -1.12. The molecule has 0 bridgehead atoms. The molecule has 0 aromatic heterocycles. The summed E-state index contributed by atoms with van der Waals surface area (Å²) in [5.41, 5.74) is 4.50. The predicted octanol–water partition coefficient (Wildman–Crippen LogP) is 0.634. The second-order valence-electron chi connectivity index (χ2n) is 3.59. The highest BCUT2D eigenvalue weighted by molar-refractivity contribution is 5.92. The van der Waals surface area contributed by atoms with Gasteiger partial charge in [0, 0.05) is 6.07 Å². The zero-order chi connectivity index (χ0) is 14.6. The number of amides is 1. The summed E-state index contributed by atoms with van der Waals surface area (Å²) >= 11 is 0. The first kappa shape index (κ1) is 14.4. The Bertz CT molecular complexity index is 528. The van der Waals surface area contributed by atoms with Crippen molar-refractivity contribution in [2.45, 2.75) is 13.0 Å². The van der Waals surface area contributed by atoms with Gasteiger partial charge in [0.25, 0.3) is 5.91 Å².